The van der Waals surface area contributed by atoms with Gasteiger partial charge < -0.3 is 10.6 Å². The van der Waals surface area contributed by atoms with Gasteiger partial charge in [0.2, 0.25) is 5.91 Å². The summed E-state index contributed by atoms with van der Waals surface area (Å²) in [5.41, 5.74) is 5.13. The predicted octanol–water partition coefficient (Wildman–Crippen LogP) is 2.34. The van der Waals surface area contributed by atoms with Crippen molar-refractivity contribution in [1.82, 2.24) is 4.90 Å². The van der Waals surface area contributed by atoms with E-state index in [1.807, 2.05) is 25.7 Å². The molecule has 0 atom stereocenters. The molecule has 0 bridgehead atoms. The van der Waals surface area contributed by atoms with Crippen LogP contribution in [0, 0.1) is 5.41 Å². The Morgan fingerprint density at radius 1 is 1.25 bits per heavy atom. The van der Waals surface area contributed by atoms with Gasteiger partial charge in [0.15, 0.2) is 0 Å². The molecule has 0 spiro atoms. The van der Waals surface area contributed by atoms with Crippen molar-refractivity contribution in [2.75, 3.05) is 13.1 Å². The van der Waals surface area contributed by atoms with Gasteiger partial charge >= 0.3 is 0 Å². The van der Waals surface area contributed by atoms with E-state index in [1.54, 1.807) is 0 Å². The van der Waals surface area contributed by atoms with Crippen LogP contribution in [0.25, 0.3) is 0 Å². The third-order valence-corrected chi connectivity index (χ3v) is 3.64. The number of carbonyl (C=O) groups excluding carboxylic acids is 1. The molecule has 0 aromatic rings. The van der Waals surface area contributed by atoms with Crippen molar-refractivity contribution in [2.24, 2.45) is 11.1 Å². The van der Waals surface area contributed by atoms with E-state index in [2.05, 4.69) is 6.92 Å². The Hall–Kier alpha value is -0.640. The third-order valence-electron chi connectivity index (χ3n) is 3.25. The lowest BCUT2D eigenvalue weighted by Crippen LogP contribution is -2.50. The standard InChI is InChI=1S/C12H24N2OS/c1-5-9-14(8-4)11(15)12(6-2,7-3)10(13)16/h5-9H2,1-4H3,(H2,13,16). The molecule has 0 fully saturated rings. The Bertz CT molecular complexity index is 249. The summed E-state index contributed by atoms with van der Waals surface area (Å²) in [6.07, 6.45) is 2.32. The maximum atomic E-state index is 12.4. The second kappa shape index (κ2) is 6.84. The molecule has 0 aromatic heterocycles. The fourth-order valence-electron chi connectivity index (χ4n) is 1.98. The molecule has 1 amide bonds. The van der Waals surface area contributed by atoms with Crippen LogP contribution in [0.2, 0.25) is 0 Å². The van der Waals surface area contributed by atoms with Gasteiger partial charge in [-0.15, -0.1) is 0 Å². The van der Waals surface area contributed by atoms with Gasteiger partial charge in [0.25, 0.3) is 0 Å². The molecule has 0 unspecified atom stereocenters. The van der Waals surface area contributed by atoms with E-state index in [0.717, 1.165) is 19.5 Å². The molecular formula is C12H24N2OS. The van der Waals surface area contributed by atoms with Gasteiger partial charge in [0.1, 0.15) is 0 Å². The SMILES string of the molecule is CCCN(CC)C(=O)C(CC)(CC)C(N)=S. The van der Waals surface area contributed by atoms with E-state index in [9.17, 15) is 4.79 Å². The molecular weight excluding hydrogens is 220 g/mol. The second-order valence-electron chi connectivity index (χ2n) is 4.04. The summed E-state index contributed by atoms with van der Waals surface area (Å²) in [5.74, 6) is 0.0920. The molecule has 0 radical (unpaired) electrons. The number of amides is 1. The molecule has 0 heterocycles. The van der Waals surface area contributed by atoms with Crippen LogP contribution in [0.5, 0.6) is 0 Å². The zero-order chi connectivity index (χ0) is 12.8. The summed E-state index contributed by atoms with van der Waals surface area (Å²) in [7, 11) is 0. The minimum absolute atomic E-state index is 0.0920. The lowest BCUT2D eigenvalue weighted by molar-refractivity contribution is -0.138. The van der Waals surface area contributed by atoms with Gasteiger partial charge in [-0.1, -0.05) is 33.0 Å². The van der Waals surface area contributed by atoms with Crippen molar-refractivity contribution < 1.29 is 4.79 Å². The maximum absolute atomic E-state index is 12.4. The highest BCUT2D eigenvalue weighted by Gasteiger charge is 2.40. The van der Waals surface area contributed by atoms with Gasteiger partial charge in [0, 0.05) is 13.1 Å². The number of carbonyl (C=O) groups is 1. The monoisotopic (exact) mass is 244 g/mol. The smallest absolute Gasteiger partial charge is 0.235 e. The van der Waals surface area contributed by atoms with Gasteiger partial charge in [-0.2, -0.15) is 0 Å². The molecule has 4 heteroatoms. The summed E-state index contributed by atoms with van der Waals surface area (Å²) in [6.45, 7) is 9.50. The molecule has 0 saturated carbocycles. The molecule has 0 rings (SSSR count). The molecule has 0 saturated heterocycles. The first-order chi connectivity index (χ1) is 7.49. The minimum atomic E-state index is -0.638. The fraction of sp³-hybridized carbons (Fsp3) is 0.833. The molecule has 0 aliphatic carbocycles. The van der Waals surface area contributed by atoms with Gasteiger partial charge in [0.05, 0.1) is 10.4 Å². The maximum Gasteiger partial charge on any atom is 0.235 e. The number of hydrogen-bond donors (Lipinski definition) is 1. The zero-order valence-electron chi connectivity index (χ0n) is 10.9. The lowest BCUT2D eigenvalue weighted by atomic mass is 9.80. The summed E-state index contributed by atoms with van der Waals surface area (Å²) >= 11 is 5.09. The van der Waals surface area contributed by atoms with E-state index in [0.29, 0.717) is 17.8 Å². The van der Waals surface area contributed by atoms with Crippen molar-refractivity contribution in [3.63, 3.8) is 0 Å². The predicted molar refractivity (Wildman–Crippen MR) is 72.3 cm³/mol. The number of rotatable bonds is 7. The van der Waals surface area contributed by atoms with Crippen LogP contribution in [0.15, 0.2) is 0 Å². The van der Waals surface area contributed by atoms with E-state index in [-0.39, 0.29) is 5.91 Å². The van der Waals surface area contributed by atoms with Crippen molar-refractivity contribution in [2.45, 2.75) is 47.0 Å². The van der Waals surface area contributed by atoms with Crippen molar-refractivity contribution in [3.05, 3.63) is 0 Å². The highest BCUT2D eigenvalue weighted by Crippen LogP contribution is 2.29. The molecule has 0 aliphatic heterocycles. The van der Waals surface area contributed by atoms with E-state index >= 15 is 0 Å². The summed E-state index contributed by atoms with van der Waals surface area (Å²) in [5, 5.41) is 0. The van der Waals surface area contributed by atoms with Gasteiger partial charge in [-0.3, -0.25) is 4.79 Å². The van der Waals surface area contributed by atoms with Gasteiger partial charge in [-0.25, -0.2) is 0 Å². The van der Waals surface area contributed by atoms with Crippen LogP contribution in [0.4, 0.5) is 0 Å². The summed E-state index contributed by atoms with van der Waals surface area (Å²) < 4.78 is 0. The topological polar surface area (TPSA) is 46.3 Å². The third kappa shape index (κ3) is 2.94. The Labute approximate surface area is 104 Å². The second-order valence-corrected chi connectivity index (χ2v) is 4.48. The Morgan fingerprint density at radius 2 is 1.75 bits per heavy atom. The summed E-state index contributed by atoms with van der Waals surface area (Å²) in [6, 6.07) is 0. The van der Waals surface area contributed by atoms with E-state index in [4.69, 9.17) is 18.0 Å². The van der Waals surface area contributed by atoms with Crippen molar-refractivity contribution in [1.29, 1.82) is 0 Å². The molecule has 0 aromatic carbocycles. The van der Waals surface area contributed by atoms with E-state index < -0.39 is 5.41 Å². The first kappa shape index (κ1) is 15.4. The quantitative estimate of drug-likeness (QED) is 0.699. The molecule has 16 heavy (non-hydrogen) atoms. The average molecular weight is 244 g/mol. The molecule has 0 aliphatic rings. The number of nitrogens with zero attached hydrogens (tertiary/aromatic N) is 1. The summed E-state index contributed by atoms with van der Waals surface area (Å²) in [4.78, 5) is 14.6. The van der Waals surface area contributed by atoms with Gasteiger partial charge in [-0.05, 0) is 26.2 Å². The highest BCUT2D eigenvalue weighted by molar-refractivity contribution is 7.80. The molecule has 3 nitrogen and oxygen atoms in total. The molecule has 94 valence electrons. The number of nitrogens with two attached hydrogens (primary N) is 1. The Kier molecular flexibility index (Phi) is 6.56. The van der Waals surface area contributed by atoms with Crippen LogP contribution in [0.3, 0.4) is 0 Å². The van der Waals surface area contributed by atoms with Crippen LogP contribution >= 0.6 is 12.2 Å². The van der Waals surface area contributed by atoms with Crippen LogP contribution < -0.4 is 5.73 Å². The lowest BCUT2D eigenvalue weighted by Gasteiger charge is -2.34. The Morgan fingerprint density at radius 3 is 2.00 bits per heavy atom. The highest BCUT2D eigenvalue weighted by atomic mass is 32.1. The minimum Gasteiger partial charge on any atom is -0.392 e. The first-order valence-electron chi connectivity index (χ1n) is 6.09. The number of hydrogen-bond acceptors (Lipinski definition) is 2. The fourth-order valence-corrected chi connectivity index (χ4v) is 2.36. The van der Waals surface area contributed by atoms with Crippen LogP contribution in [-0.2, 0) is 4.79 Å². The Balaban J connectivity index is 5.06. The van der Waals surface area contributed by atoms with Crippen molar-refractivity contribution in [3.8, 4) is 0 Å². The number of thiocarbonyl (C=S) groups is 1. The normalized spacial score (nSPS) is 11.2. The van der Waals surface area contributed by atoms with E-state index in [1.165, 1.54) is 0 Å². The first-order valence-corrected chi connectivity index (χ1v) is 6.50. The molecule has 2 N–H and O–H groups in total. The largest absolute Gasteiger partial charge is 0.392 e. The van der Waals surface area contributed by atoms with Crippen LogP contribution in [0.1, 0.15) is 47.0 Å². The zero-order valence-corrected chi connectivity index (χ0v) is 11.7. The van der Waals surface area contributed by atoms with Crippen molar-refractivity contribution >= 4 is 23.1 Å². The average Bonchev–Trinajstić information content (AvgIpc) is 2.27. The van der Waals surface area contributed by atoms with Crippen LogP contribution in [-0.4, -0.2) is 28.9 Å².